The first-order chi connectivity index (χ1) is 10.3. The molecule has 1 atom stereocenters. The number of hydrogen-bond acceptors (Lipinski definition) is 5. The molecule has 6 nitrogen and oxygen atoms in total. The molecule has 1 saturated heterocycles. The molecule has 1 N–H and O–H groups in total. The molecule has 0 radical (unpaired) electrons. The second kappa shape index (κ2) is 6.32. The summed E-state index contributed by atoms with van der Waals surface area (Å²) in [7, 11) is 0. The van der Waals surface area contributed by atoms with E-state index in [4.69, 9.17) is 14.2 Å². The van der Waals surface area contributed by atoms with E-state index >= 15 is 0 Å². The van der Waals surface area contributed by atoms with Crippen LogP contribution in [0, 0.1) is 5.92 Å². The van der Waals surface area contributed by atoms with E-state index in [-0.39, 0.29) is 18.4 Å². The van der Waals surface area contributed by atoms with Crippen LogP contribution in [0.2, 0.25) is 0 Å². The van der Waals surface area contributed by atoms with Crippen molar-refractivity contribution in [3.8, 4) is 11.5 Å². The van der Waals surface area contributed by atoms with Crippen molar-refractivity contribution in [2.75, 3.05) is 46.1 Å². The Balaban J connectivity index is 1.77. The van der Waals surface area contributed by atoms with E-state index in [2.05, 4.69) is 0 Å². The summed E-state index contributed by atoms with van der Waals surface area (Å²) in [6, 6.07) is 5.23. The molecule has 0 bridgehead atoms. The third-order valence-corrected chi connectivity index (χ3v) is 3.67. The second-order valence-electron chi connectivity index (χ2n) is 5.23. The molecule has 0 aromatic heterocycles. The maximum Gasteiger partial charge on any atom is 0.254 e. The number of rotatable bonds is 2. The van der Waals surface area contributed by atoms with Crippen molar-refractivity contribution < 1.29 is 24.1 Å². The molecule has 0 saturated carbocycles. The average molecular weight is 293 g/mol. The highest BCUT2D eigenvalue weighted by molar-refractivity contribution is 5.95. The molecule has 2 aliphatic rings. The van der Waals surface area contributed by atoms with E-state index < -0.39 is 0 Å². The first-order valence-electron chi connectivity index (χ1n) is 7.15. The van der Waals surface area contributed by atoms with Crippen molar-refractivity contribution in [2.24, 2.45) is 5.92 Å². The van der Waals surface area contributed by atoms with Crippen LogP contribution >= 0.6 is 0 Å². The van der Waals surface area contributed by atoms with Crippen molar-refractivity contribution >= 4 is 5.91 Å². The Labute approximate surface area is 123 Å². The number of nitrogens with zero attached hydrogens (tertiary/aromatic N) is 1. The number of carbonyl (C=O) groups is 1. The molecule has 1 aromatic rings. The predicted molar refractivity (Wildman–Crippen MR) is 74.7 cm³/mol. The Morgan fingerprint density at radius 2 is 2.05 bits per heavy atom. The van der Waals surface area contributed by atoms with Gasteiger partial charge in [-0.25, -0.2) is 0 Å². The lowest BCUT2D eigenvalue weighted by molar-refractivity contribution is 0.0727. The van der Waals surface area contributed by atoms with E-state index in [0.29, 0.717) is 56.6 Å². The number of fused-ring (bicyclic) bond motifs is 1. The van der Waals surface area contributed by atoms with Gasteiger partial charge >= 0.3 is 0 Å². The number of ether oxygens (including phenoxy) is 3. The summed E-state index contributed by atoms with van der Waals surface area (Å²) in [4.78, 5) is 14.3. The molecular formula is C15H19NO5. The minimum absolute atomic E-state index is 0.0188. The molecule has 1 unspecified atom stereocenters. The first kappa shape index (κ1) is 14.2. The summed E-state index contributed by atoms with van der Waals surface area (Å²) < 4.78 is 16.4. The smallest absolute Gasteiger partial charge is 0.254 e. The Morgan fingerprint density at radius 3 is 2.86 bits per heavy atom. The van der Waals surface area contributed by atoms with Gasteiger partial charge in [0.05, 0.1) is 13.2 Å². The zero-order valence-electron chi connectivity index (χ0n) is 11.8. The minimum atomic E-state index is -0.0732. The van der Waals surface area contributed by atoms with Gasteiger partial charge in [-0.15, -0.1) is 0 Å². The number of amides is 1. The molecule has 2 heterocycles. The third kappa shape index (κ3) is 3.11. The fraction of sp³-hybridized carbons (Fsp3) is 0.533. The van der Waals surface area contributed by atoms with Gasteiger partial charge in [-0.05, 0) is 18.2 Å². The molecule has 21 heavy (non-hydrogen) atoms. The van der Waals surface area contributed by atoms with Crippen LogP contribution in [-0.4, -0.2) is 62.0 Å². The van der Waals surface area contributed by atoms with Crippen molar-refractivity contribution in [1.82, 2.24) is 4.90 Å². The third-order valence-electron chi connectivity index (χ3n) is 3.67. The summed E-state index contributed by atoms with van der Waals surface area (Å²) in [5.74, 6) is 1.17. The average Bonchev–Trinajstić information content (AvgIpc) is 2.79. The normalized spacial score (nSPS) is 21.8. The maximum atomic E-state index is 12.6. The minimum Gasteiger partial charge on any atom is -0.486 e. The molecule has 3 rings (SSSR count). The van der Waals surface area contributed by atoms with Gasteiger partial charge < -0.3 is 24.2 Å². The predicted octanol–water partition coefficient (Wildman–Crippen LogP) is 0.539. The van der Waals surface area contributed by atoms with Crippen molar-refractivity contribution in [3.05, 3.63) is 23.8 Å². The lowest BCUT2D eigenvalue weighted by Crippen LogP contribution is -2.36. The standard InChI is InChI=1S/C15H19NO5/c17-9-11-8-16(3-4-19-10-11)15(18)12-1-2-13-14(7-12)21-6-5-20-13/h1-2,7,11,17H,3-6,8-10H2. The Kier molecular flexibility index (Phi) is 4.26. The van der Waals surface area contributed by atoms with E-state index in [1.807, 2.05) is 0 Å². The van der Waals surface area contributed by atoms with Gasteiger partial charge in [-0.2, -0.15) is 0 Å². The molecule has 0 spiro atoms. The zero-order valence-corrected chi connectivity index (χ0v) is 11.8. The molecule has 1 fully saturated rings. The van der Waals surface area contributed by atoms with Crippen LogP contribution in [0.5, 0.6) is 11.5 Å². The zero-order chi connectivity index (χ0) is 14.7. The number of carbonyl (C=O) groups excluding carboxylic acids is 1. The van der Waals surface area contributed by atoms with Crippen LogP contribution in [-0.2, 0) is 4.74 Å². The van der Waals surface area contributed by atoms with Crippen LogP contribution in [0.15, 0.2) is 18.2 Å². The lowest BCUT2D eigenvalue weighted by atomic mass is 10.1. The summed E-state index contributed by atoms with van der Waals surface area (Å²) in [6.45, 7) is 3.06. The number of hydrogen-bond donors (Lipinski definition) is 1. The number of aliphatic hydroxyl groups is 1. The van der Waals surface area contributed by atoms with Gasteiger partial charge in [0.2, 0.25) is 0 Å². The molecule has 1 aromatic carbocycles. The SMILES string of the molecule is O=C(c1ccc2c(c1)OCCO2)N1CCOCC(CO)C1. The van der Waals surface area contributed by atoms with Crippen molar-refractivity contribution in [2.45, 2.75) is 0 Å². The highest BCUT2D eigenvalue weighted by Crippen LogP contribution is 2.31. The largest absolute Gasteiger partial charge is 0.486 e. The molecular weight excluding hydrogens is 274 g/mol. The first-order valence-corrected chi connectivity index (χ1v) is 7.15. The Bertz CT molecular complexity index is 519. The van der Waals surface area contributed by atoms with Crippen molar-refractivity contribution in [3.63, 3.8) is 0 Å². The molecule has 6 heteroatoms. The summed E-state index contributed by atoms with van der Waals surface area (Å²) in [6.07, 6.45) is 0. The summed E-state index contributed by atoms with van der Waals surface area (Å²) >= 11 is 0. The van der Waals surface area contributed by atoms with Crippen molar-refractivity contribution in [1.29, 1.82) is 0 Å². The lowest BCUT2D eigenvalue weighted by Gasteiger charge is -2.24. The van der Waals surface area contributed by atoms with E-state index in [0.717, 1.165) is 0 Å². The summed E-state index contributed by atoms with van der Waals surface area (Å²) in [5.41, 5.74) is 0.567. The van der Waals surface area contributed by atoms with E-state index in [9.17, 15) is 9.90 Å². The molecule has 0 aliphatic carbocycles. The van der Waals surface area contributed by atoms with Crippen LogP contribution in [0.3, 0.4) is 0 Å². The quantitative estimate of drug-likeness (QED) is 0.862. The fourth-order valence-corrected chi connectivity index (χ4v) is 2.53. The van der Waals surface area contributed by atoms with Crippen LogP contribution in [0.25, 0.3) is 0 Å². The monoisotopic (exact) mass is 293 g/mol. The van der Waals surface area contributed by atoms with Gasteiger partial charge in [-0.1, -0.05) is 0 Å². The Morgan fingerprint density at radius 1 is 1.24 bits per heavy atom. The van der Waals surface area contributed by atoms with Gasteiger partial charge in [0, 0.05) is 31.2 Å². The van der Waals surface area contributed by atoms with Gasteiger partial charge in [0.1, 0.15) is 13.2 Å². The Hall–Kier alpha value is -1.79. The van der Waals surface area contributed by atoms with Gasteiger partial charge in [-0.3, -0.25) is 4.79 Å². The fourth-order valence-electron chi connectivity index (χ4n) is 2.53. The second-order valence-corrected chi connectivity index (χ2v) is 5.23. The van der Waals surface area contributed by atoms with E-state index in [1.165, 1.54) is 0 Å². The van der Waals surface area contributed by atoms with Crippen LogP contribution < -0.4 is 9.47 Å². The summed E-state index contributed by atoms with van der Waals surface area (Å²) in [5, 5.41) is 9.29. The van der Waals surface area contributed by atoms with Crippen LogP contribution in [0.4, 0.5) is 0 Å². The highest BCUT2D eigenvalue weighted by atomic mass is 16.6. The van der Waals surface area contributed by atoms with E-state index in [1.54, 1.807) is 23.1 Å². The number of benzene rings is 1. The van der Waals surface area contributed by atoms with Crippen LogP contribution in [0.1, 0.15) is 10.4 Å². The van der Waals surface area contributed by atoms with Gasteiger partial charge in [0.25, 0.3) is 5.91 Å². The molecule has 1 amide bonds. The highest BCUT2D eigenvalue weighted by Gasteiger charge is 2.24. The molecule has 114 valence electrons. The molecule has 2 aliphatic heterocycles. The van der Waals surface area contributed by atoms with Gasteiger partial charge in [0.15, 0.2) is 11.5 Å². The maximum absolute atomic E-state index is 12.6. The number of aliphatic hydroxyl groups excluding tert-OH is 1. The topological polar surface area (TPSA) is 68.2 Å².